The largest absolute Gasteiger partial charge is 0.373 e. The number of nitrogens with zero attached hydrogens (tertiary/aromatic N) is 2. The van der Waals surface area contributed by atoms with Crippen LogP contribution in [0.3, 0.4) is 0 Å². The molecule has 0 aliphatic carbocycles. The van der Waals surface area contributed by atoms with Crippen molar-refractivity contribution in [3.8, 4) is 0 Å². The first-order valence-electron chi connectivity index (χ1n) is 8.51. The molecule has 0 spiro atoms. The van der Waals surface area contributed by atoms with Crippen LogP contribution in [-0.4, -0.2) is 61.2 Å². The monoisotopic (exact) mass is 389 g/mol. The highest BCUT2D eigenvalue weighted by Crippen LogP contribution is 2.19. The van der Waals surface area contributed by atoms with Crippen molar-refractivity contribution in [2.75, 3.05) is 25.4 Å². The summed E-state index contributed by atoms with van der Waals surface area (Å²) in [7, 11) is -3.40. The number of morpholine rings is 1. The second kappa shape index (κ2) is 8.57. The molecule has 9 heteroatoms. The minimum atomic E-state index is -3.40. The van der Waals surface area contributed by atoms with Gasteiger partial charge in [0.1, 0.15) is 0 Å². The van der Waals surface area contributed by atoms with Crippen molar-refractivity contribution in [3.05, 3.63) is 16.1 Å². The van der Waals surface area contributed by atoms with Crippen LogP contribution in [0, 0.1) is 0 Å². The average Bonchev–Trinajstić information content (AvgIpc) is 2.94. The summed E-state index contributed by atoms with van der Waals surface area (Å²) in [6, 6.07) is 0. The molecule has 1 aromatic heterocycles. The van der Waals surface area contributed by atoms with E-state index in [4.69, 9.17) is 4.74 Å². The number of ether oxygens (including phenoxy) is 1. The second-order valence-corrected chi connectivity index (χ2v) is 9.73. The molecule has 142 valence electrons. The predicted octanol–water partition coefficient (Wildman–Crippen LogP) is 1.36. The molecule has 0 bridgehead atoms. The van der Waals surface area contributed by atoms with Crippen molar-refractivity contribution < 1.29 is 17.9 Å². The van der Waals surface area contributed by atoms with Crippen LogP contribution in [-0.2, 0) is 26.0 Å². The molecule has 2 heterocycles. The number of hydrogen-bond acceptors (Lipinski definition) is 6. The lowest BCUT2D eigenvalue weighted by Gasteiger charge is -2.34. The third-order valence-electron chi connectivity index (χ3n) is 3.87. The minimum Gasteiger partial charge on any atom is -0.373 e. The standard InChI is InChI=1S/C16H27N3O4S2/c1-11(2)16-18-14(10-24-16)7-15(20)17-5-6-25(21,22)19-8-12(3)23-13(4)9-19/h10-13H,5-9H2,1-4H3,(H,17,20)/t12-,13-/m0/s1. The van der Waals surface area contributed by atoms with E-state index in [9.17, 15) is 13.2 Å². The topological polar surface area (TPSA) is 88.6 Å². The Bertz CT molecular complexity index is 677. The quantitative estimate of drug-likeness (QED) is 0.761. The fraction of sp³-hybridized carbons (Fsp3) is 0.750. The van der Waals surface area contributed by atoms with Gasteiger partial charge in [-0.05, 0) is 13.8 Å². The van der Waals surface area contributed by atoms with Crippen molar-refractivity contribution in [3.63, 3.8) is 0 Å². The number of aromatic nitrogens is 1. The fourth-order valence-corrected chi connectivity index (χ4v) is 5.03. The normalized spacial score (nSPS) is 22.3. The molecule has 1 aromatic rings. The van der Waals surface area contributed by atoms with Gasteiger partial charge < -0.3 is 10.1 Å². The van der Waals surface area contributed by atoms with Crippen LogP contribution in [0.2, 0.25) is 0 Å². The lowest BCUT2D eigenvalue weighted by atomic mass is 10.2. The van der Waals surface area contributed by atoms with Crippen molar-refractivity contribution in [2.45, 2.75) is 52.2 Å². The van der Waals surface area contributed by atoms with Crippen LogP contribution < -0.4 is 5.32 Å². The lowest BCUT2D eigenvalue weighted by molar-refractivity contribution is -0.120. The number of thiazole rings is 1. The SMILES string of the molecule is CC(C)c1nc(CC(=O)NCCS(=O)(=O)N2C[C@H](C)O[C@@H](C)C2)cs1. The Morgan fingerprint density at radius 3 is 2.60 bits per heavy atom. The summed E-state index contributed by atoms with van der Waals surface area (Å²) in [6.45, 7) is 8.65. The molecule has 1 fully saturated rings. The van der Waals surface area contributed by atoms with Crippen LogP contribution in [0.4, 0.5) is 0 Å². The lowest BCUT2D eigenvalue weighted by Crippen LogP contribution is -2.49. The molecule has 7 nitrogen and oxygen atoms in total. The van der Waals surface area contributed by atoms with Crippen LogP contribution in [0.15, 0.2) is 5.38 Å². The van der Waals surface area contributed by atoms with Gasteiger partial charge in [0.05, 0.1) is 35.1 Å². The Balaban J connectivity index is 1.79. The number of carbonyl (C=O) groups is 1. The Kier molecular flexibility index (Phi) is 6.95. The summed E-state index contributed by atoms with van der Waals surface area (Å²) in [6.07, 6.45) is -0.0598. The van der Waals surface area contributed by atoms with E-state index in [1.165, 1.54) is 4.31 Å². The summed E-state index contributed by atoms with van der Waals surface area (Å²) in [4.78, 5) is 16.4. The van der Waals surface area contributed by atoms with E-state index in [-0.39, 0.29) is 36.8 Å². The first-order valence-corrected chi connectivity index (χ1v) is 11.0. The molecule has 1 amide bonds. The van der Waals surface area contributed by atoms with Crippen LogP contribution in [0.25, 0.3) is 0 Å². The summed E-state index contributed by atoms with van der Waals surface area (Å²) in [5.74, 6) is 0.0248. The smallest absolute Gasteiger partial charge is 0.226 e. The van der Waals surface area contributed by atoms with E-state index >= 15 is 0 Å². The zero-order valence-corrected chi connectivity index (χ0v) is 16.8. The molecule has 1 N–H and O–H groups in total. The first kappa shape index (κ1) is 20.3. The number of amides is 1. The number of sulfonamides is 1. The Labute approximate surface area is 153 Å². The molecule has 0 radical (unpaired) electrons. The number of nitrogens with one attached hydrogen (secondary N) is 1. The van der Waals surface area contributed by atoms with E-state index in [1.54, 1.807) is 11.3 Å². The van der Waals surface area contributed by atoms with Gasteiger partial charge in [-0.3, -0.25) is 4.79 Å². The maximum absolute atomic E-state index is 12.4. The van der Waals surface area contributed by atoms with E-state index in [1.807, 2.05) is 19.2 Å². The number of carbonyl (C=O) groups excluding carboxylic acids is 1. The van der Waals surface area contributed by atoms with Crippen molar-refractivity contribution >= 4 is 27.3 Å². The van der Waals surface area contributed by atoms with Crippen LogP contribution >= 0.6 is 11.3 Å². The summed E-state index contributed by atoms with van der Waals surface area (Å²) < 4.78 is 31.8. The van der Waals surface area contributed by atoms with Gasteiger partial charge in [0, 0.05) is 30.9 Å². The highest BCUT2D eigenvalue weighted by Gasteiger charge is 2.30. The molecular formula is C16H27N3O4S2. The van der Waals surface area contributed by atoms with Crippen molar-refractivity contribution in [1.82, 2.24) is 14.6 Å². The molecule has 0 aromatic carbocycles. The summed E-state index contributed by atoms with van der Waals surface area (Å²) in [5.41, 5.74) is 0.727. The number of hydrogen-bond donors (Lipinski definition) is 1. The third kappa shape index (κ3) is 6.02. The van der Waals surface area contributed by atoms with Gasteiger partial charge in [-0.15, -0.1) is 11.3 Å². The van der Waals surface area contributed by atoms with Crippen LogP contribution in [0.5, 0.6) is 0 Å². The average molecular weight is 390 g/mol. The maximum Gasteiger partial charge on any atom is 0.226 e. The molecule has 25 heavy (non-hydrogen) atoms. The van der Waals surface area contributed by atoms with Crippen molar-refractivity contribution in [2.24, 2.45) is 0 Å². The fourth-order valence-electron chi connectivity index (χ4n) is 2.70. The maximum atomic E-state index is 12.4. The van der Waals surface area contributed by atoms with Gasteiger partial charge in [0.25, 0.3) is 0 Å². The van der Waals surface area contributed by atoms with E-state index in [2.05, 4.69) is 24.1 Å². The highest BCUT2D eigenvalue weighted by atomic mass is 32.2. The summed E-state index contributed by atoms with van der Waals surface area (Å²) in [5, 5.41) is 5.55. The van der Waals surface area contributed by atoms with E-state index < -0.39 is 10.0 Å². The zero-order chi connectivity index (χ0) is 18.6. The molecule has 0 unspecified atom stereocenters. The van der Waals surface area contributed by atoms with Gasteiger partial charge in [0.2, 0.25) is 15.9 Å². The van der Waals surface area contributed by atoms with Gasteiger partial charge in [-0.25, -0.2) is 13.4 Å². The highest BCUT2D eigenvalue weighted by molar-refractivity contribution is 7.89. The minimum absolute atomic E-state index is 0.0997. The van der Waals surface area contributed by atoms with Crippen molar-refractivity contribution in [1.29, 1.82) is 0 Å². The van der Waals surface area contributed by atoms with Gasteiger partial charge in [-0.2, -0.15) is 4.31 Å². The number of rotatable bonds is 7. The van der Waals surface area contributed by atoms with Gasteiger partial charge in [-0.1, -0.05) is 13.8 Å². The predicted molar refractivity (Wildman–Crippen MR) is 98.3 cm³/mol. The Morgan fingerprint density at radius 1 is 1.40 bits per heavy atom. The molecule has 0 saturated carbocycles. The van der Waals surface area contributed by atoms with Crippen LogP contribution in [0.1, 0.15) is 44.3 Å². The second-order valence-electron chi connectivity index (χ2n) is 6.75. The third-order valence-corrected chi connectivity index (χ3v) is 6.87. The molecule has 2 atom stereocenters. The molecular weight excluding hydrogens is 362 g/mol. The molecule has 1 aliphatic heterocycles. The first-order chi connectivity index (χ1) is 11.7. The Morgan fingerprint density at radius 2 is 2.04 bits per heavy atom. The Hall–Kier alpha value is -1.03. The molecule has 1 saturated heterocycles. The van der Waals surface area contributed by atoms with Gasteiger partial charge >= 0.3 is 0 Å². The van der Waals surface area contributed by atoms with E-state index in [0.717, 1.165) is 10.7 Å². The molecule has 2 rings (SSSR count). The molecule has 1 aliphatic rings. The van der Waals surface area contributed by atoms with E-state index in [0.29, 0.717) is 19.0 Å². The zero-order valence-electron chi connectivity index (χ0n) is 15.2. The van der Waals surface area contributed by atoms with Gasteiger partial charge in [0.15, 0.2) is 0 Å². The summed E-state index contributed by atoms with van der Waals surface area (Å²) >= 11 is 1.54.